The highest BCUT2D eigenvalue weighted by Gasteiger charge is 2.43. The van der Waals surface area contributed by atoms with Crippen LogP contribution in [0.3, 0.4) is 0 Å². The van der Waals surface area contributed by atoms with Crippen molar-refractivity contribution in [2.75, 3.05) is 7.11 Å². The van der Waals surface area contributed by atoms with E-state index in [-0.39, 0.29) is 17.8 Å². The first kappa shape index (κ1) is 22.8. The van der Waals surface area contributed by atoms with Crippen molar-refractivity contribution in [1.29, 1.82) is 0 Å². The summed E-state index contributed by atoms with van der Waals surface area (Å²) in [6.07, 6.45) is 1.04. The van der Waals surface area contributed by atoms with E-state index in [2.05, 4.69) is 5.32 Å². The molecule has 0 saturated carbocycles. The first-order valence-corrected chi connectivity index (χ1v) is 11.0. The second-order valence-electron chi connectivity index (χ2n) is 9.41. The van der Waals surface area contributed by atoms with Gasteiger partial charge in [0.15, 0.2) is 5.78 Å². The Morgan fingerprint density at radius 3 is 2.55 bits per heavy atom. The predicted molar refractivity (Wildman–Crippen MR) is 123 cm³/mol. The van der Waals surface area contributed by atoms with Crippen molar-refractivity contribution in [3.05, 3.63) is 88.0 Å². The number of allylic oxidation sites excluding steroid dienone is 3. The Morgan fingerprint density at radius 1 is 1.15 bits per heavy atom. The van der Waals surface area contributed by atoms with Crippen molar-refractivity contribution in [3.8, 4) is 5.75 Å². The number of esters is 1. The van der Waals surface area contributed by atoms with Gasteiger partial charge in [0.1, 0.15) is 18.2 Å². The van der Waals surface area contributed by atoms with E-state index in [9.17, 15) is 14.0 Å². The highest BCUT2D eigenvalue weighted by molar-refractivity contribution is 6.04. The van der Waals surface area contributed by atoms with Crippen LogP contribution in [0.25, 0.3) is 0 Å². The first-order chi connectivity index (χ1) is 15.7. The monoisotopic (exact) mass is 449 g/mol. The molecular formula is C27H28FNO4. The Hall–Kier alpha value is -3.41. The molecule has 1 N–H and O–H groups in total. The minimum absolute atomic E-state index is 0.0315. The van der Waals surface area contributed by atoms with Crippen molar-refractivity contribution in [2.45, 2.75) is 46.1 Å². The fourth-order valence-electron chi connectivity index (χ4n) is 4.67. The second kappa shape index (κ2) is 8.85. The van der Waals surface area contributed by atoms with Crippen LogP contribution in [0.15, 0.2) is 71.1 Å². The number of hydrogen-bond acceptors (Lipinski definition) is 5. The molecule has 33 heavy (non-hydrogen) atoms. The fourth-order valence-corrected chi connectivity index (χ4v) is 4.67. The van der Waals surface area contributed by atoms with E-state index in [1.54, 1.807) is 38.3 Å². The van der Waals surface area contributed by atoms with Crippen molar-refractivity contribution in [3.63, 3.8) is 0 Å². The van der Waals surface area contributed by atoms with Gasteiger partial charge in [-0.1, -0.05) is 38.1 Å². The smallest absolute Gasteiger partial charge is 0.337 e. The summed E-state index contributed by atoms with van der Waals surface area (Å²) in [5.41, 5.74) is 3.46. The van der Waals surface area contributed by atoms with E-state index in [1.807, 2.05) is 26.0 Å². The summed E-state index contributed by atoms with van der Waals surface area (Å²) in [6.45, 7) is 5.96. The summed E-state index contributed by atoms with van der Waals surface area (Å²) in [7, 11) is 1.59. The maximum absolute atomic E-state index is 14.2. The van der Waals surface area contributed by atoms with Crippen LogP contribution >= 0.6 is 0 Å². The second-order valence-corrected chi connectivity index (χ2v) is 9.41. The van der Waals surface area contributed by atoms with Crippen LogP contribution in [0.2, 0.25) is 0 Å². The molecule has 6 heteroatoms. The number of ether oxygens (including phenoxy) is 2. The molecule has 2 aliphatic rings. The van der Waals surface area contributed by atoms with E-state index < -0.39 is 17.7 Å². The molecule has 0 fully saturated rings. The quantitative estimate of drug-likeness (QED) is 0.637. The van der Waals surface area contributed by atoms with Gasteiger partial charge in [0.25, 0.3) is 0 Å². The molecule has 4 rings (SSSR count). The Balaban J connectivity index is 1.69. The molecule has 0 amide bonds. The minimum Gasteiger partial charge on any atom is -0.497 e. The number of dihydropyridines is 1. The maximum atomic E-state index is 14.2. The topological polar surface area (TPSA) is 64.6 Å². The van der Waals surface area contributed by atoms with Gasteiger partial charge >= 0.3 is 5.97 Å². The molecular weight excluding hydrogens is 421 g/mol. The predicted octanol–water partition coefficient (Wildman–Crippen LogP) is 5.18. The van der Waals surface area contributed by atoms with Crippen LogP contribution < -0.4 is 10.1 Å². The third-order valence-electron chi connectivity index (χ3n) is 6.17. The first-order valence-electron chi connectivity index (χ1n) is 11.0. The van der Waals surface area contributed by atoms with Crippen LogP contribution in [0.1, 0.15) is 50.7 Å². The zero-order valence-corrected chi connectivity index (χ0v) is 19.3. The van der Waals surface area contributed by atoms with Crippen molar-refractivity contribution in [1.82, 2.24) is 5.32 Å². The summed E-state index contributed by atoms with van der Waals surface area (Å²) in [5, 5.41) is 3.29. The van der Waals surface area contributed by atoms with Gasteiger partial charge in [-0.25, -0.2) is 9.18 Å². The molecule has 0 bridgehead atoms. The number of Topliss-reactive ketones (excluding diaryl/α,β-unsaturated/α-hetero) is 1. The lowest BCUT2D eigenvalue weighted by molar-refractivity contribution is -0.140. The summed E-state index contributed by atoms with van der Waals surface area (Å²) in [4.78, 5) is 26.6. The molecule has 0 unspecified atom stereocenters. The molecule has 1 aliphatic heterocycles. The molecule has 2 aromatic carbocycles. The Kier molecular flexibility index (Phi) is 6.11. The largest absolute Gasteiger partial charge is 0.497 e. The summed E-state index contributed by atoms with van der Waals surface area (Å²) < 4.78 is 25.0. The number of benzene rings is 2. The lowest BCUT2D eigenvalue weighted by atomic mass is 9.68. The van der Waals surface area contributed by atoms with E-state index >= 15 is 0 Å². The third kappa shape index (κ3) is 4.70. The van der Waals surface area contributed by atoms with E-state index in [0.717, 1.165) is 11.3 Å². The number of ketones is 1. The van der Waals surface area contributed by atoms with Crippen LogP contribution in [0, 0.1) is 11.2 Å². The van der Waals surface area contributed by atoms with Gasteiger partial charge in [-0.05, 0) is 54.2 Å². The average molecular weight is 450 g/mol. The van der Waals surface area contributed by atoms with Gasteiger partial charge in [-0.2, -0.15) is 0 Å². The molecule has 0 saturated heterocycles. The fraction of sp³-hybridized carbons (Fsp3) is 0.333. The van der Waals surface area contributed by atoms with Crippen molar-refractivity contribution < 1.29 is 23.5 Å². The Bertz CT molecular complexity index is 1160. The SMILES string of the molecule is COc1ccc(COC(=O)C2=C(C)NC3=C(C(=O)CC(C)(C)C3)[C@H]2c2cccc(F)c2)cc1. The molecule has 1 atom stereocenters. The number of carbonyl (C=O) groups excluding carboxylic acids is 2. The lowest BCUT2D eigenvalue weighted by Crippen LogP contribution is -2.38. The zero-order valence-electron chi connectivity index (χ0n) is 19.3. The van der Waals surface area contributed by atoms with Crippen molar-refractivity contribution in [2.24, 2.45) is 5.41 Å². The molecule has 1 aliphatic carbocycles. The standard InChI is InChI=1S/C27H28FNO4/c1-16-23(26(31)33-15-17-8-10-20(32-4)11-9-17)24(18-6-5-7-19(28)12-18)25-21(29-16)13-27(2,3)14-22(25)30/h5-12,24,29H,13-15H2,1-4H3/t24-/m0/s1. The average Bonchev–Trinajstić information content (AvgIpc) is 2.76. The molecule has 5 nitrogen and oxygen atoms in total. The Morgan fingerprint density at radius 2 is 1.88 bits per heavy atom. The van der Waals surface area contributed by atoms with Crippen LogP contribution in [-0.4, -0.2) is 18.9 Å². The molecule has 172 valence electrons. The zero-order chi connectivity index (χ0) is 23.8. The number of halogens is 1. The van der Waals surface area contributed by atoms with Gasteiger partial charge in [0, 0.05) is 29.3 Å². The minimum atomic E-state index is -0.677. The third-order valence-corrected chi connectivity index (χ3v) is 6.17. The van der Waals surface area contributed by atoms with Gasteiger partial charge in [0.05, 0.1) is 12.7 Å². The van der Waals surface area contributed by atoms with Gasteiger partial charge in [0.2, 0.25) is 0 Å². The summed E-state index contributed by atoms with van der Waals surface area (Å²) in [5.74, 6) is -0.945. The van der Waals surface area contributed by atoms with Crippen molar-refractivity contribution >= 4 is 11.8 Å². The number of nitrogens with one attached hydrogen (secondary N) is 1. The van der Waals surface area contributed by atoms with E-state index in [0.29, 0.717) is 41.0 Å². The van der Waals surface area contributed by atoms with Gasteiger partial charge in [-0.3, -0.25) is 4.79 Å². The number of hydrogen-bond donors (Lipinski definition) is 1. The number of methoxy groups -OCH3 is 1. The maximum Gasteiger partial charge on any atom is 0.337 e. The number of rotatable bonds is 5. The van der Waals surface area contributed by atoms with Gasteiger partial charge < -0.3 is 14.8 Å². The summed E-state index contributed by atoms with van der Waals surface area (Å²) >= 11 is 0. The van der Waals surface area contributed by atoms with Crippen LogP contribution in [0.5, 0.6) is 5.75 Å². The van der Waals surface area contributed by atoms with Gasteiger partial charge in [-0.15, -0.1) is 0 Å². The van der Waals surface area contributed by atoms with E-state index in [1.165, 1.54) is 12.1 Å². The molecule has 0 radical (unpaired) electrons. The van der Waals surface area contributed by atoms with Crippen LogP contribution in [0.4, 0.5) is 4.39 Å². The van der Waals surface area contributed by atoms with E-state index in [4.69, 9.17) is 9.47 Å². The molecule has 1 heterocycles. The molecule has 2 aromatic rings. The summed E-state index contributed by atoms with van der Waals surface area (Å²) in [6, 6.07) is 13.3. The molecule has 0 spiro atoms. The number of carbonyl (C=O) groups is 2. The lowest BCUT2D eigenvalue weighted by Gasteiger charge is -2.39. The normalized spacial score (nSPS) is 19.7. The Labute approximate surface area is 193 Å². The van der Waals surface area contributed by atoms with Crippen LogP contribution in [-0.2, 0) is 20.9 Å². The highest BCUT2D eigenvalue weighted by Crippen LogP contribution is 2.46. The molecule has 0 aromatic heterocycles. The highest BCUT2D eigenvalue weighted by atomic mass is 19.1.